The third kappa shape index (κ3) is 5.44. The van der Waals surface area contributed by atoms with Crippen LogP contribution in [0.1, 0.15) is 20.8 Å². The summed E-state index contributed by atoms with van der Waals surface area (Å²) in [5.74, 6) is -1.06. The zero-order valence-corrected chi connectivity index (χ0v) is 11.6. The topological polar surface area (TPSA) is 96.9 Å². The summed E-state index contributed by atoms with van der Waals surface area (Å²) in [6.45, 7) is 7.06. The molecular formula is C12H22N2O5. The maximum absolute atomic E-state index is 11.7. The van der Waals surface area contributed by atoms with Crippen LogP contribution >= 0.6 is 0 Å². The van der Waals surface area contributed by atoms with Crippen molar-refractivity contribution in [1.82, 2.24) is 10.6 Å². The highest BCUT2D eigenvalue weighted by molar-refractivity contribution is 5.83. The molecule has 0 bridgehead atoms. The second-order valence-corrected chi connectivity index (χ2v) is 5.56. The summed E-state index contributed by atoms with van der Waals surface area (Å²) in [5.41, 5.74) is -0.562. The quantitative estimate of drug-likeness (QED) is 0.680. The van der Waals surface area contributed by atoms with Crippen molar-refractivity contribution in [3.05, 3.63) is 0 Å². The molecule has 2 atom stereocenters. The van der Waals surface area contributed by atoms with Crippen LogP contribution in [0.15, 0.2) is 0 Å². The number of ether oxygens (including phenoxy) is 2. The van der Waals surface area contributed by atoms with Crippen molar-refractivity contribution in [2.75, 3.05) is 26.4 Å². The molecule has 0 aromatic rings. The van der Waals surface area contributed by atoms with Gasteiger partial charge in [0.15, 0.2) is 0 Å². The summed E-state index contributed by atoms with van der Waals surface area (Å²) in [4.78, 5) is 22.8. The van der Waals surface area contributed by atoms with Crippen LogP contribution in [0.5, 0.6) is 0 Å². The Balaban J connectivity index is 2.38. The van der Waals surface area contributed by atoms with Gasteiger partial charge in [0.25, 0.3) is 0 Å². The van der Waals surface area contributed by atoms with Crippen molar-refractivity contribution in [2.45, 2.75) is 32.9 Å². The van der Waals surface area contributed by atoms with E-state index in [-0.39, 0.29) is 6.10 Å². The van der Waals surface area contributed by atoms with Crippen LogP contribution in [0.4, 0.5) is 4.79 Å². The lowest BCUT2D eigenvalue weighted by Gasteiger charge is -2.28. The van der Waals surface area contributed by atoms with Crippen LogP contribution in [0.2, 0.25) is 0 Å². The summed E-state index contributed by atoms with van der Waals surface area (Å²) in [7, 11) is 0. The number of hydrogen-bond acceptors (Lipinski definition) is 4. The van der Waals surface area contributed by atoms with Gasteiger partial charge in [0, 0.05) is 6.54 Å². The molecule has 110 valence electrons. The van der Waals surface area contributed by atoms with E-state index in [2.05, 4.69) is 10.6 Å². The number of amides is 2. The van der Waals surface area contributed by atoms with Crippen molar-refractivity contribution in [1.29, 1.82) is 0 Å². The van der Waals surface area contributed by atoms with Crippen LogP contribution in [0.25, 0.3) is 0 Å². The van der Waals surface area contributed by atoms with E-state index in [1.807, 2.05) is 0 Å². The van der Waals surface area contributed by atoms with Crippen LogP contribution in [-0.4, -0.2) is 55.6 Å². The maximum Gasteiger partial charge on any atom is 0.326 e. The fourth-order valence-electron chi connectivity index (χ4n) is 1.69. The molecule has 1 unspecified atom stereocenters. The first-order chi connectivity index (χ1) is 8.80. The van der Waals surface area contributed by atoms with Crippen molar-refractivity contribution in [3.8, 4) is 0 Å². The van der Waals surface area contributed by atoms with E-state index in [0.29, 0.717) is 26.4 Å². The Morgan fingerprint density at radius 3 is 2.53 bits per heavy atom. The van der Waals surface area contributed by atoms with E-state index < -0.39 is 23.5 Å². The summed E-state index contributed by atoms with van der Waals surface area (Å²) in [6.07, 6.45) is -0.183. The molecule has 0 aromatic heterocycles. The summed E-state index contributed by atoms with van der Waals surface area (Å²) >= 11 is 0. The molecule has 1 rings (SSSR count). The fraction of sp³-hybridized carbons (Fsp3) is 0.833. The average Bonchev–Trinajstić information content (AvgIpc) is 2.33. The third-order valence-electron chi connectivity index (χ3n) is 2.76. The van der Waals surface area contributed by atoms with Gasteiger partial charge in [-0.2, -0.15) is 0 Å². The van der Waals surface area contributed by atoms with Crippen LogP contribution in [0.3, 0.4) is 0 Å². The van der Waals surface area contributed by atoms with Gasteiger partial charge in [-0.15, -0.1) is 0 Å². The Kier molecular flexibility index (Phi) is 5.56. The van der Waals surface area contributed by atoms with E-state index in [1.54, 1.807) is 20.8 Å². The van der Waals surface area contributed by atoms with E-state index in [9.17, 15) is 9.59 Å². The molecule has 1 fully saturated rings. The smallest absolute Gasteiger partial charge is 0.326 e. The molecule has 2 amide bonds. The highest BCUT2D eigenvalue weighted by Gasteiger charge is 2.32. The Morgan fingerprint density at radius 1 is 1.37 bits per heavy atom. The second kappa shape index (κ2) is 6.72. The predicted molar refractivity (Wildman–Crippen MR) is 68.0 cm³/mol. The molecular weight excluding hydrogens is 252 g/mol. The van der Waals surface area contributed by atoms with Gasteiger partial charge in [-0.25, -0.2) is 9.59 Å². The predicted octanol–water partition coefficient (Wildman–Crippen LogP) is 0.200. The number of carboxylic acid groups (broad SMARTS) is 1. The van der Waals surface area contributed by atoms with Crippen LogP contribution < -0.4 is 10.6 Å². The molecule has 0 aromatic carbocycles. The van der Waals surface area contributed by atoms with Gasteiger partial charge in [-0.1, -0.05) is 20.8 Å². The maximum atomic E-state index is 11.7. The minimum absolute atomic E-state index is 0.183. The zero-order chi connectivity index (χ0) is 14.5. The summed E-state index contributed by atoms with van der Waals surface area (Å²) in [6, 6.07) is -1.47. The van der Waals surface area contributed by atoms with E-state index in [4.69, 9.17) is 14.6 Å². The molecule has 1 heterocycles. The Bertz CT molecular complexity index is 321. The van der Waals surface area contributed by atoms with E-state index in [1.165, 1.54) is 0 Å². The molecule has 3 N–H and O–H groups in total. The average molecular weight is 274 g/mol. The SMILES string of the molecule is CC(C)(C)[C@H](NC(=O)NCC1COCCO1)C(=O)O. The first kappa shape index (κ1) is 15.7. The number of nitrogens with one attached hydrogen (secondary N) is 2. The van der Waals surface area contributed by atoms with Gasteiger partial charge >= 0.3 is 12.0 Å². The molecule has 0 saturated carbocycles. The van der Waals surface area contributed by atoms with Crippen LogP contribution in [0, 0.1) is 5.41 Å². The number of urea groups is 1. The Labute approximate surface area is 112 Å². The molecule has 19 heavy (non-hydrogen) atoms. The fourth-order valence-corrected chi connectivity index (χ4v) is 1.69. The lowest BCUT2D eigenvalue weighted by Crippen LogP contribution is -2.53. The molecule has 0 spiro atoms. The number of aliphatic carboxylic acids is 1. The molecule has 7 nitrogen and oxygen atoms in total. The van der Waals surface area contributed by atoms with Gasteiger partial charge in [-0.05, 0) is 5.41 Å². The summed E-state index contributed by atoms with van der Waals surface area (Å²) in [5, 5.41) is 14.1. The van der Waals surface area contributed by atoms with Gasteiger partial charge in [0.05, 0.1) is 25.9 Å². The molecule has 1 aliphatic rings. The van der Waals surface area contributed by atoms with Gasteiger partial charge in [0.1, 0.15) is 6.04 Å². The van der Waals surface area contributed by atoms with Crippen molar-refractivity contribution in [2.24, 2.45) is 5.41 Å². The van der Waals surface area contributed by atoms with E-state index in [0.717, 1.165) is 0 Å². The van der Waals surface area contributed by atoms with Gasteiger partial charge in [0.2, 0.25) is 0 Å². The van der Waals surface area contributed by atoms with Gasteiger partial charge in [-0.3, -0.25) is 0 Å². The highest BCUT2D eigenvalue weighted by atomic mass is 16.6. The minimum Gasteiger partial charge on any atom is -0.480 e. The molecule has 7 heteroatoms. The number of rotatable bonds is 4. The third-order valence-corrected chi connectivity index (χ3v) is 2.76. The zero-order valence-electron chi connectivity index (χ0n) is 11.6. The van der Waals surface area contributed by atoms with Crippen molar-refractivity contribution < 1.29 is 24.2 Å². The first-order valence-corrected chi connectivity index (χ1v) is 6.27. The normalized spacial score (nSPS) is 21.5. The largest absolute Gasteiger partial charge is 0.480 e. The molecule has 1 aliphatic heterocycles. The first-order valence-electron chi connectivity index (χ1n) is 6.27. The van der Waals surface area contributed by atoms with Gasteiger partial charge < -0.3 is 25.2 Å². The van der Waals surface area contributed by atoms with Crippen molar-refractivity contribution in [3.63, 3.8) is 0 Å². The van der Waals surface area contributed by atoms with Crippen molar-refractivity contribution >= 4 is 12.0 Å². The Hall–Kier alpha value is -1.34. The second-order valence-electron chi connectivity index (χ2n) is 5.56. The number of carboxylic acids is 1. The molecule has 0 radical (unpaired) electrons. The van der Waals surface area contributed by atoms with Crippen LogP contribution in [-0.2, 0) is 14.3 Å². The van der Waals surface area contributed by atoms with E-state index >= 15 is 0 Å². The lowest BCUT2D eigenvalue weighted by molar-refractivity contribution is -0.141. The number of hydrogen-bond donors (Lipinski definition) is 3. The standard InChI is InChI=1S/C12H22N2O5/c1-12(2,3)9(10(15)16)14-11(17)13-6-8-7-18-4-5-19-8/h8-9H,4-7H2,1-3H3,(H,15,16)(H2,13,14,17)/t8?,9-/m1/s1. The Morgan fingerprint density at radius 2 is 2.05 bits per heavy atom. The lowest BCUT2D eigenvalue weighted by atomic mass is 9.87. The minimum atomic E-state index is -1.06. The highest BCUT2D eigenvalue weighted by Crippen LogP contribution is 2.19. The number of carbonyl (C=O) groups excluding carboxylic acids is 1. The monoisotopic (exact) mass is 274 g/mol. The molecule has 0 aliphatic carbocycles. The molecule has 1 saturated heterocycles. The number of carbonyl (C=O) groups is 2. The summed E-state index contributed by atoms with van der Waals surface area (Å²) < 4.78 is 10.6.